The van der Waals surface area contributed by atoms with Gasteiger partial charge in [0.1, 0.15) is 0 Å². The molecule has 17 heavy (non-hydrogen) atoms. The normalized spacial score (nSPS) is 30.5. The van der Waals surface area contributed by atoms with Gasteiger partial charge in [0.15, 0.2) is 5.96 Å². The van der Waals surface area contributed by atoms with Crippen LogP contribution in [0.4, 0.5) is 0 Å². The summed E-state index contributed by atoms with van der Waals surface area (Å²) in [5.74, 6) is 2.88. The molecule has 0 amide bonds. The van der Waals surface area contributed by atoms with Crippen molar-refractivity contribution in [3.8, 4) is 0 Å². The van der Waals surface area contributed by atoms with E-state index in [1.54, 1.807) is 0 Å². The third-order valence-corrected chi connectivity index (χ3v) is 4.07. The smallest absolute Gasteiger partial charge is 0.191 e. The molecule has 2 fully saturated rings. The molecular formula is C14H27N3. The lowest BCUT2D eigenvalue weighted by Crippen LogP contribution is -2.42. The van der Waals surface area contributed by atoms with Crippen molar-refractivity contribution in [3.63, 3.8) is 0 Å². The van der Waals surface area contributed by atoms with Gasteiger partial charge in [-0.05, 0) is 32.1 Å². The molecule has 0 aromatic carbocycles. The fraction of sp³-hybridized carbons (Fsp3) is 0.929. The molecule has 3 nitrogen and oxygen atoms in total. The van der Waals surface area contributed by atoms with Crippen molar-refractivity contribution in [1.82, 2.24) is 10.6 Å². The second kappa shape index (κ2) is 5.74. The van der Waals surface area contributed by atoms with E-state index in [1.165, 1.54) is 38.5 Å². The van der Waals surface area contributed by atoms with Crippen molar-refractivity contribution >= 4 is 5.96 Å². The molecule has 2 saturated carbocycles. The molecule has 2 unspecified atom stereocenters. The fourth-order valence-corrected chi connectivity index (χ4v) is 3.08. The van der Waals surface area contributed by atoms with Crippen LogP contribution in [-0.2, 0) is 0 Å². The lowest BCUT2D eigenvalue weighted by atomic mass is 9.85. The second-order valence-corrected chi connectivity index (χ2v) is 5.92. The van der Waals surface area contributed by atoms with E-state index < -0.39 is 0 Å². The van der Waals surface area contributed by atoms with Gasteiger partial charge in [0, 0.05) is 19.1 Å². The van der Waals surface area contributed by atoms with Gasteiger partial charge < -0.3 is 10.6 Å². The molecule has 0 radical (unpaired) electrons. The third kappa shape index (κ3) is 3.62. The predicted octanol–water partition coefficient (Wildman–Crippen LogP) is 2.53. The summed E-state index contributed by atoms with van der Waals surface area (Å²) in [6, 6.07) is 1.14. The van der Waals surface area contributed by atoms with Crippen molar-refractivity contribution in [2.45, 2.75) is 64.5 Å². The molecule has 0 aromatic rings. The standard InChI is InChI=1S/C14H27N3/c1-10(2)16-14(15-3)17-13-9-12(13)11-7-5-4-6-8-11/h10-13H,4-9H2,1-3H3,(H2,15,16,17). The first kappa shape index (κ1) is 12.7. The highest BCUT2D eigenvalue weighted by molar-refractivity contribution is 5.80. The number of hydrogen-bond donors (Lipinski definition) is 2. The largest absolute Gasteiger partial charge is 0.354 e. The zero-order chi connectivity index (χ0) is 12.3. The summed E-state index contributed by atoms with van der Waals surface area (Å²) in [6.45, 7) is 4.30. The Labute approximate surface area is 105 Å². The van der Waals surface area contributed by atoms with Crippen molar-refractivity contribution in [3.05, 3.63) is 0 Å². The maximum Gasteiger partial charge on any atom is 0.191 e. The Bertz CT molecular complexity index is 267. The first-order chi connectivity index (χ1) is 8.20. The van der Waals surface area contributed by atoms with Gasteiger partial charge in [0.2, 0.25) is 0 Å². The molecule has 2 rings (SSSR count). The SMILES string of the molecule is CN=C(NC(C)C)NC1CC1C1CCCCC1. The summed E-state index contributed by atoms with van der Waals surface area (Å²) in [4.78, 5) is 4.28. The quantitative estimate of drug-likeness (QED) is 0.584. The summed E-state index contributed by atoms with van der Waals surface area (Å²) in [6.07, 6.45) is 8.62. The Kier molecular flexibility index (Phi) is 4.30. The van der Waals surface area contributed by atoms with Gasteiger partial charge in [-0.1, -0.05) is 32.1 Å². The molecule has 0 aromatic heterocycles. The van der Waals surface area contributed by atoms with Crippen LogP contribution in [0.5, 0.6) is 0 Å². The Morgan fingerprint density at radius 3 is 2.47 bits per heavy atom. The van der Waals surface area contributed by atoms with Crippen LogP contribution in [0.15, 0.2) is 4.99 Å². The van der Waals surface area contributed by atoms with Crippen LogP contribution in [-0.4, -0.2) is 25.1 Å². The van der Waals surface area contributed by atoms with Gasteiger partial charge in [0.25, 0.3) is 0 Å². The Hall–Kier alpha value is -0.730. The lowest BCUT2D eigenvalue weighted by Gasteiger charge is -2.22. The molecule has 0 heterocycles. The van der Waals surface area contributed by atoms with E-state index in [0.717, 1.165) is 17.8 Å². The molecule has 0 spiro atoms. The van der Waals surface area contributed by atoms with Crippen LogP contribution >= 0.6 is 0 Å². The molecule has 0 bridgehead atoms. The molecule has 2 aliphatic rings. The van der Waals surface area contributed by atoms with E-state index in [1.807, 2.05) is 7.05 Å². The van der Waals surface area contributed by atoms with Crippen LogP contribution < -0.4 is 10.6 Å². The van der Waals surface area contributed by atoms with Gasteiger partial charge in [-0.15, -0.1) is 0 Å². The molecule has 0 saturated heterocycles. The average Bonchev–Trinajstić information content (AvgIpc) is 3.08. The highest BCUT2D eigenvalue weighted by atomic mass is 15.2. The monoisotopic (exact) mass is 237 g/mol. The first-order valence-electron chi connectivity index (χ1n) is 7.20. The first-order valence-corrected chi connectivity index (χ1v) is 7.20. The van der Waals surface area contributed by atoms with Gasteiger partial charge in [-0.25, -0.2) is 0 Å². The van der Waals surface area contributed by atoms with Gasteiger partial charge >= 0.3 is 0 Å². The number of nitrogens with zero attached hydrogens (tertiary/aromatic N) is 1. The van der Waals surface area contributed by atoms with E-state index in [4.69, 9.17) is 0 Å². The zero-order valence-corrected chi connectivity index (χ0v) is 11.5. The van der Waals surface area contributed by atoms with Crippen LogP contribution in [0.2, 0.25) is 0 Å². The lowest BCUT2D eigenvalue weighted by molar-refractivity contribution is 0.315. The Balaban J connectivity index is 1.74. The second-order valence-electron chi connectivity index (χ2n) is 5.92. The summed E-state index contributed by atoms with van der Waals surface area (Å²) in [7, 11) is 1.86. The molecular weight excluding hydrogens is 210 g/mol. The van der Waals surface area contributed by atoms with Crippen LogP contribution in [0.1, 0.15) is 52.4 Å². The highest BCUT2D eigenvalue weighted by Gasteiger charge is 2.43. The molecule has 2 N–H and O–H groups in total. The topological polar surface area (TPSA) is 36.4 Å². The highest BCUT2D eigenvalue weighted by Crippen LogP contribution is 2.44. The predicted molar refractivity (Wildman–Crippen MR) is 73.2 cm³/mol. The van der Waals surface area contributed by atoms with Crippen molar-refractivity contribution in [2.24, 2.45) is 16.8 Å². The number of nitrogens with one attached hydrogen (secondary N) is 2. The minimum atomic E-state index is 0.452. The number of rotatable bonds is 3. The van der Waals surface area contributed by atoms with E-state index in [0.29, 0.717) is 12.1 Å². The summed E-state index contributed by atoms with van der Waals surface area (Å²) in [5, 5.41) is 6.92. The maximum absolute atomic E-state index is 4.28. The molecule has 2 aliphatic carbocycles. The Morgan fingerprint density at radius 1 is 1.18 bits per heavy atom. The number of aliphatic imine (C=N–C) groups is 1. The molecule has 98 valence electrons. The van der Waals surface area contributed by atoms with E-state index >= 15 is 0 Å². The van der Waals surface area contributed by atoms with Crippen LogP contribution in [0.3, 0.4) is 0 Å². The van der Waals surface area contributed by atoms with E-state index in [9.17, 15) is 0 Å². The summed E-state index contributed by atoms with van der Waals surface area (Å²) < 4.78 is 0. The van der Waals surface area contributed by atoms with Crippen molar-refractivity contribution < 1.29 is 0 Å². The number of guanidine groups is 1. The van der Waals surface area contributed by atoms with Gasteiger partial charge in [0.05, 0.1) is 0 Å². The van der Waals surface area contributed by atoms with E-state index in [-0.39, 0.29) is 0 Å². The zero-order valence-electron chi connectivity index (χ0n) is 11.5. The minimum absolute atomic E-state index is 0.452. The molecule has 2 atom stereocenters. The van der Waals surface area contributed by atoms with Gasteiger partial charge in [-0.3, -0.25) is 4.99 Å². The summed E-state index contributed by atoms with van der Waals surface area (Å²) in [5.41, 5.74) is 0. The maximum atomic E-state index is 4.28. The molecule has 3 heteroatoms. The Morgan fingerprint density at radius 2 is 1.88 bits per heavy atom. The average molecular weight is 237 g/mol. The number of hydrogen-bond acceptors (Lipinski definition) is 1. The fourth-order valence-electron chi connectivity index (χ4n) is 3.08. The third-order valence-electron chi connectivity index (χ3n) is 4.07. The minimum Gasteiger partial charge on any atom is -0.354 e. The van der Waals surface area contributed by atoms with Crippen molar-refractivity contribution in [2.75, 3.05) is 7.05 Å². The van der Waals surface area contributed by atoms with Crippen molar-refractivity contribution in [1.29, 1.82) is 0 Å². The van der Waals surface area contributed by atoms with Gasteiger partial charge in [-0.2, -0.15) is 0 Å². The van der Waals surface area contributed by atoms with Crippen LogP contribution in [0, 0.1) is 11.8 Å². The molecule has 0 aliphatic heterocycles. The van der Waals surface area contributed by atoms with E-state index in [2.05, 4.69) is 29.5 Å². The summed E-state index contributed by atoms with van der Waals surface area (Å²) >= 11 is 0. The van der Waals surface area contributed by atoms with Crippen LogP contribution in [0.25, 0.3) is 0 Å².